The van der Waals surface area contributed by atoms with E-state index < -0.39 is 0 Å². The third kappa shape index (κ3) is 2.19. The van der Waals surface area contributed by atoms with Crippen LogP contribution in [0.3, 0.4) is 0 Å². The van der Waals surface area contributed by atoms with E-state index in [0.29, 0.717) is 5.92 Å². The van der Waals surface area contributed by atoms with Crippen molar-refractivity contribution < 1.29 is 9.84 Å². The number of pyridine rings is 1. The molecule has 1 aromatic heterocycles. The van der Waals surface area contributed by atoms with Gasteiger partial charge in [-0.15, -0.1) is 0 Å². The van der Waals surface area contributed by atoms with Crippen LogP contribution in [-0.4, -0.2) is 29.9 Å². The Labute approximate surface area is 90.1 Å². The van der Waals surface area contributed by atoms with E-state index in [4.69, 9.17) is 4.74 Å². The molecular formula is C12H17NO2. The molecule has 0 radical (unpaired) electrons. The van der Waals surface area contributed by atoms with Gasteiger partial charge in [0.15, 0.2) is 0 Å². The molecule has 1 saturated heterocycles. The smallest absolute Gasteiger partial charge is 0.0525 e. The monoisotopic (exact) mass is 207 g/mol. The first-order chi connectivity index (χ1) is 7.24. The molecule has 0 amide bonds. The van der Waals surface area contributed by atoms with Gasteiger partial charge in [0.2, 0.25) is 0 Å². The Bertz CT molecular complexity index is 311. The highest BCUT2D eigenvalue weighted by atomic mass is 16.5. The SMILES string of the molecule is CC(CO)(CC1COC1)c1cccnc1. The maximum Gasteiger partial charge on any atom is 0.0525 e. The van der Waals surface area contributed by atoms with Crippen molar-refractivity contribution in [1.29, 1.82) is 0 Å². The molecule has 0 saturated carbocycles. The second-order valence-corrected chi connectivity index (χ2v) is 4.57. The molecule has 1 aliphatic rings. The van der Waals surface area contributed by atoms with Crippen molar-refractivity contribution in [2.45, 2.75) is 18.8 Å². The molecule has 0 spiro atoms. The van der Waals surface area contributed by atoms with Crippen LogP contribution in [0.4, 0.5) is 0 Å². The Hall–Kier alpha value is -0.930. The lowest BCUT2D eigenvalue weighted by Crippen LogP contribution is -2.37. The van der Waals surface area contributed by atoms with Crippen LogP contribution in [0.25, 0.3) is 0 Å². The zero-order chi connectivity index (χ0) is 10.7. The second kappa shape index (κ2) is 4.29. The first-order valence-electron chi connectivity index (χ1n) is 5.34. The van der Waals surface area contributed by atoms with Gasteiger partial charge in [0.1, 0.15) is 0 Å². The number of ether oxygens (including phenoxy) is 1. The van der Waals surface area contributed by atoms with Gasteiger partial charge in [-0.2, -0.15) is 0 Å². The summed E-state index contributed by atoms with van der Waals surface area (Å²) in [5, 5.41) is 9.54. The Kier molecular flexibility index (Phi) is 3.03. The van der Waals surface area contributed by atoms with E-state index in [2.05, 4.69) is 11.9 Å². The molecule has 15 heavy (non-hydrogen) atoms. The zero-order valence-electron chi connectivity index (χ0n) is 9.02. The number of hydrogen-bond acceptors (Lipinski definition) is 3. The summed E-state index contributed by atoms with van der Waals surface area (Å²) >= 11 is 0. The first kappa shape index (κ1) is 10.6. The van der Waals surface area contributed by atoms with Crippen molar-refractivity contribution in [3.05, 3.63) is 30.1 Å². The maximum atomic E-state index is 9.54. The van der Waals surface area contributed by atoms with Crippen molar-refractivity contribution >= 4 is 0 Å². The summed E-state index contributed by atoms with van der Waals surface area (Å²) in [5.41, 5.74) is 0.933. The molecular weight excluding hydrogens is 190 g/mol. The van der Waals surface area contributed by atoms with Crippen LogP contribution in [0.15, 0.2) is 24.5 Å². The van der Waals surface area contributed by atoms with E-state index in [0.717, 1.165) is 25.2 Å². The number of aromatic nitrogens is 1. The minimum Gasteiger partial charge on any atom is -0.395 e. The third-order valence-electron chi connectivity index (χ3n) is 3.15. The molecule has 1 unspecified atom stereocenters. The molecule has 1 atom stereocenters. The van der Waals surface area contributed by atoms with Crippen LogP contribution in [0.1, 0.15) is 18.9 Å². The summed E-state index contributed by atoms with van der Waals surface area (Å²) in [6.45, 7) is 3.91. The van der Waals surface area contributed by atoms with Gasteiger partial charge in [0.25, 0.3) is 0 Å². The number of rotatable bonds is 4. The zero-order valence-corrected chi connectivity index (χ0v) is 9.02. The number of nitrogens with zero attached hydrogens (tertiary/aromatic N) is 1. The molecule has 3 nitrogen and oxygen atoms in total. The van der Waals surface area contributed by atoms with Gasteiger partial charge < -0.3 is 9.84 Å². The standard InChI is InChI=1S/C12H17NO2/c1-12(9-14,5-10-7-15-8-10)11-3-2-4-13-6-11/h2-4,6,10,14H,5,7-9H2,1H3. The van der Waals surface area contributed by atoms with Gasteiger partial charge in [-0.1, -0.05) is 13.0 Å². The Balaban J connectivity index is 2.12. The van der Waals surface area contributed by atoms with E-state index in [9.17, 15) is 5.11 Å². The van der Waals surface area contributed by atoms with Gasteiger partial charge in [-0.25, -0.2) is 0 Å². The van der Waals surface area contributed by atoms with Crippen LogP contribution in [0.2, 0.25) is 0 Å². The molecule has 2 rings (SSSR count). The lowest BCUT2D eigenvalue weighted by molar-refractivity contribution is -0.0485. The average molecular weight is 207 g/mol. The van der Waals surface area contributed by atoms with Crippen LogP contribution >= 0.6 is 0 Å². The maximum absolute atomic E-state index is 9.54. The molecule has 82 valence electrons. The van der Waals surface area contributed by atoms with Crippen LogP contribution in [0.5, 0.6) is 0 Å². The van der Waals surface area contributed by atoms with E-state index in [-0.39, 0.29) is 12.0 Å². The molecule has 0 bridgehead atoms. The number of aliphatic hydroxyl groups excluding tert-OH is 1. The van der Waals surface area contributed by atoms with Crippen molar-refractivity contribution in [3.8, 4) is 0 Å². The molecule has 1 aliphatic heterocycles. The lowest BCUT2D eigenvalue weighted by Gasteiger charge is -2.35. The topological polar surface area (TPSA) is 42.4 Å². The summed E-state index contributed by atoms with van der Waals surface area (Å²) in [7, 11) is 0. The molecule has 2 heterocycles. The largest absolute Gasteiger partial charge is 0.395 e. The third-order valence-corrected chi connectivity index (χ3v) is 3.15. The Morgan fingerprint density at radius 2 is 2.40 bits per heavy atom. The van der Waals surface area contributed by atoms with Gasteiger partial charge in [-0.3, -0.25) is 4.98 Å². The molecule has 1 fully saturated rings. The summed E-state index contributed by atoms with van der Waals surface area (Å²) in [4.78, 5) is 4.11. The average Bonchev–Trinajstić information content (AvgIpc) is 2.24. The Morgan fingerprint density at radius 3 is 2.87 bits per heavy atom. The molecule has 0 aromatic carbocycles. The fourth-order valence-electron chi connectivity index (χ4n) is 2.03. The summed E-state index contributed by atoms with van der Waals surface area (Å²) in [5.74, 6) is 0.586. The highest BCUT2D eigenvalue weighted by Gasteiger charge is 2.32. The van der Waals surface area contributed by atoms with Crippen molar-refractivity contribution in [2.75, 3.05) is 19.8 Å². The minimum absolute atomic E-state index is 0.162. The summed E-state index contributed by atoms with van der Waals surface area (Å²) in [6.07, 6.45) is 4.57. The quantitative estimate of drug-likeness (QED) is 0.810. The lowest BCUT2D eigenvalue weighted by atomic mass is 9.76. The van der Waals surface area contributed by atoms with Gasteiger partial charge in [-0.05, 0) is 18.1 Å². The van der Waals surface area contributed by atoms with Crippen LogP contribution in [0, 0.1) is 5.92 Å². The van der Waals surface area contributed by atoms with Crippen LogP contribution < -0.4 is 0 Å². The van der Waals surface area contributed by atoms with Gasteiger partial charge >= 0.3 is 0 Å². The Morgan fingerprint density at radius 1 is 1.60 bits per heavy atom. The second-order valence-electron chi connectivity index (χ2n) is 4.57. The normalized spacial score (nSPS) is 20.7. The van der Waals surface area contributed by atoms with Crippen molar-refractivity contribution in [3.63, 3.8) is 0 Å². The summed E-state index contributed by atoms with van der Waals surface area (Å²) in [6, 6.07) is 3.95. The number of aliphatic hydroxyl groups is 1. The fraction of sp³-hybridized carbons (Fsp3) is 0.583. The first-order valence-corrected chi connectivity index (χ1v) is 5.34. The molecule has 3 heteroatoms. The predicted octanol–water partition coefficient (Wildman–Crippen LogP) is 1.37. The van der Waals surface area contributed by atoms with E-state index in [1.54, 1.807) is 6.20 Å². The minimum atomic E-state index is -0.178. The van der Waals surface area contributed by atoms with Gasteiger partial charge in [0.05, 0.1) is 19.8 Å². The summed E-state index contributed by atoms with van der Waals surface area (Å²) < 4.78 is 5.16. The fourth-order valence-corrected chi connectivity index (χ4v) is 2.03. The van der Waals surface area contributed by atoms with Crippen LogP contribution in [-0.2, 0) is 10.2 Å². The van der Waals surface area contributed by atoms with Crippen molar-refractivity contribution in [2.24, 2.45) is 5.92 Å². The highest BCUT2D eigenvalue weighted by molar-refractivity contribution is 5.21. The molecule has 1 N–H and O–H groups in total. The van der Waals surface area contributed by atoms with Gasteiger partial charge in [0, 0.05) is 23.7 Å². The predicted molar refractivity (Wildman–Crippen MR) is 57.6 cm³/mol. The molecule has 0 aliphatic carbocycles. The highest BCUT2D eigenvalue weighted by Crippen LogP contribution is 2.32. The number of hydrogen-bond donors (Lipinski definition) is 1. The van der Waals surface area contributed by atoms with E-state index in [1.165, 1.54) is 0 Å². The van der Waals surface area contributed by atoms with E-state index >= 15 is 0 Å². The molecule has 1 aromatic rings. The van der Waals surface area contributed by atoms with Crippen molar-refractivity contribution in [1.82, 2.24) is 4.98 Å². The van der Waals surface area contributed by atoms with E-state index in [1.807, 2.05) is 18.3 Å².